The quantitative estimate of drug-likeness (QED) is 0.164. The molecule has 0 fully saturated rings. The Hall–Kier alpha value is -4.54. The molecule has 0 aliphatic carbocycles. The van der Waals surface area contributed by atoms with Crippen molar-refractivity contribution >= 4 is 66.8 Å². The van der Waals surface area contributed by atoms with Gasteiger partial charge in [0.2, 0.25) is 11.8 Å². The van der Waals surface area contributed by atoms with Gasteiger partial charge in [-0.05, 0) is 76.2 Å². The smallest absolute Gasteiger partial charge is 0.324 e. The molecule has 4 aromatic heterocycles. The zero-order valence-electron chi connectivity index (χ0n) is 24.2. The van der Waals surface area contributed by atoms with Crippen LogP contribution in [0.4, 0.5) is 11.4 Å². The standard InChI is InChI=1S/2C16H16N4O.Cu/c2*1-9-3-5-11-7-13(20-14(21)8-17)12-6-4-10(2)19-16(12)15(11)18-9;/h2*3-7H,8,17H2,1-2H3,(H,20,21);/q;;+1. The predicted octanol–water partition coefficient (Wildman–Crippen LogP) is 4.59. The van der Waals surface area contributed by atoms with E-state index in [1.54, 1.807) is 0 Å². The number of nitrogens with zero attached hydrogens (tertiary/aromatic N) is 4. The Labute approximate surface area is 259 Å². The van der Waals surface area contributed by atoms with Crippen LogP contribution in [0.15, 0.2) is 60.7 Å². The second kappa shape index (κ2) is 13.2. The zero-order valence-corrected chi connectivity index (χ0v) is 25.2. The summed E-state index contributed by atoms with van der Waals surface area (Å²) in [6, 6.07) is 19.4. The summed E-state index contributed by atoms with van der Waals surface area (Å²) in [5.41, 5.74) is 19.2. The second-order valence-corrected chi connectivity index (χ2v) is 10.1. The fraction of sp³-hybridized carbons (Fsp3) is 0.188. The van der Waals surface area contributed by atoms with Crippen molar-refractivity contribution in [3.8, 4) is 0 Å². The van der Waals surface area contributed by atoms with Crippen LogP contribution in [0.1, 0.15) is 22.8 Å². The van der Waals surface area contributed by atoms with Crippen molar-refractivity contribution in [3.05, 3.63) is 83.4 Å². The number of amides is 2. The number of nitrogens with two attached hydrogens (primary N) is 2. The number of nitrogens with one attached hydrogen (secondary N) is 2. The molecule has 4 heterocycles. The molecule has 6 N–H and O–H groups in total. The Bertz CT molecular complexity index is 1870. The molecule has 0 saturated carbocycles. The molecule has 0 aliphatic heterocycles. The number of carbonyl (C=O) groups is 2. The van der Waals surface area contributed by atoms with Gasteiger partial charge in [0.25, 0.3) is 0 Å². The second-order valence-electron chi connectivity index (χ2n) is 10.1. The van der Waals surface area contributed by atoms with Crippen molar-refractivity contribution in [1.29, 1.82) is 0 Å². The topological polar surface area (TPSA) is 162 Å². The normalized spacial score (nSPS) is 10.7. The molecule has 222 valence electrons. The average Bonchev–Trinajstić information content (AvgIpc) is 2.98. The van der Waals surface area contributed by atoms with Crippen molar-refractivity contribution in [3.63, 3.8) is 0 Å². The van der Waals surface area contributed by atoms with Crippen molar-refractivity contribution in [2.45, 2.75) is 27.7 Å². The van der Waals surface area contributed by atoms with Gasteiger partial charge in [-0.15, -0.1) is 0 Å². The number of hydrogen-bond acceptors (Lipinski definition) is 8. The van der Waals surface area contributed by atoms with Gasteiger partial charge in [0.05, 0.1) is 46.5 Å². The molecule has 0 spiro atoms. The largest absolute Gasteiger partial charge is 1.00 e. The molecule has 0 saturated heterocycles. The van der Waals surface area contributed by atoms with Gasteiger partial charge in [-0.2, -0.15) is 0 Å². The van der Waals surface area contributed by atoms with Gasteiger partial charge in [0, 0.05) is 44.3 Å². The molecule has 0 unspecified atom stereocenters. The van der Waals surface area contributed by atoms with Gasteiger partial charge in [-0.3, -0.25) is 29.5 Å². The van der Waals surface area contributed by atoms with Crippen LogP contribution in [0.3, 0.4) is 0 Å². The van der Waals surface area contributed by atoms with Crippen molar-refractivity contribution in [2.24, 2.45) is 11.5 Å². The van der Waals surface area contributed by atoms with Gasteiger partial charge in [0.15, 0.2) is 0 Å². The van der Waals surface area contributed by atoms with Gasteiger partial charge in [-0.1, -0.05) is 12.1 Å². The van der Waals surface area contributed by atoms with Crippen LogP contribution in [0.5, 0.6) is 0 Å². The summed E-state index contributed by atoms with van der Waals surface area (Å²) in [5.74, 6) is -0.451. The molecule has 2 aromatic carbocycles. The van der Waals surface area contributed by atoms with Crippen LogP contribution in [-0.4, -0.2) is 44.8 Å². The first-order chi connectivity index (χ1) is 20.2. The molecule has 6 aromatic rings. The number of pyridine rings is 4. The SMILES string of the molecule is Cc1ccc2cc(NC(=O)CN)c3ccc(C)nc3c2n1.Cc1ccc2cc(NC(=O)CN)c3ccc(C)nc3c2n1.[Cu+]. The molecule has 6 rings (SSSR count). The van der Waals surface area contributed by atoms with Crippen molar-refractivity contribution in [1.82, 2.24) is 19.9 Å². The Balaban J connectivity index is 0.000000192. The summed E-state index contributed by atoms with van der Waals surface area (Å²) in [6.07, 6.45) is 0. The van der Waals surface area contributed by atoms with E-state index in [2.05, 4.69) is 30.6 Å². The van der Waals surface area contributed by atoms with Crippen molar-refractivity contribution < 1.29 is 26.7 Å². The molecule has 43 heavy (non-hydrogen) atoms. The van der Waals surface area contributed by atoms with E-state index in [9.17, 15) is 9.59 Å². The number of aryl methyl sites for hydroxylation is 4. The Morgan fingerprint density at radius 3 is 1.23 bits per heavy atom. The molecule has 0 aliphatic rings. The summed E-state index contributed by atoms with van der Waals surface area (Å²) in [6.45, 7) is 7.67. The van der Waals surface area contributed by atoms with Crippen LogP contribution in [0.25, 0.3) is 43.6 Å². The van der Waals surface area contributed by atoms with Gasteiger partial charge in [0.1, 0.15) is 0 Å². The van der Waals surface area contributed by atoms with E-state index >= 15 is 0 Å². The van der Waals surface area contributed by atoms with E-state index in [1.165, 1.54) is 0 Å². The zero-order chi connectivity index (χ0) is 30.0. The first-order valence-corrected chi connectivity index (χ1v) is 13.5. The number of aromatic nitrogens is 4. The van der Waals surface area contributed by atoms with Crippen LogP contribution in [0.2, 0.25) is 0 Å². The van der Waals surface area contributed by atoms with Crippen LogP contribution >= 0.6 is 0 Å². The fourth-order valence-electron chi connectivity index (χ4n) is 4.73. The number of fused-ring (bicyclic) bond motifs is 6. The Morgan fingerprint density at radius 1 is 0.558 bits per heavy atom. The maximum Gasteiger partial charge on any atom is 1.00 e. The number of anilines is 2. The molecular formula is C32H32CuN8O2+. The summed E-state index contributed by atoms with van der Waals surface area (Å²) in [5, 5.41) is 9.28. The van der Waals surface area contributed by atoms with E-state index in [-0.39, 0.29) is 42.0 Å². The first-order valence-electron chi connectivity index (χ1n) is 13.5. The van der Waals surface area contributed by atoms with Gasteiger partial charge < -0.3 is 22.1 Å². The van der Waals surface area contributed by atoms with Crippen LogP contribution in [0, 0.1) is 27.7 Å². The molecule has 0 atom stereocenters. The minimum atomic E-state index is -0.226. The Morgan fingerprint density at radius 2 is 0.884 bits per heavy atom. The third-order valence-corrected chi connectivity index (χ3v) is 6.75. The number of carbonyl (C=O) groups excluding carboxylic acids is 2. The van der Waals surface area contributed by atoms with E-state index in [0.717, 1.165) is 66.4 Å². The van der Waals surface area contributed by atoms with E-state index < -0.39 is 0 Å². The third-order valence-electron chi connectivity index (χ3n) is 6.75. The minimum Gasteiger partial charge on any atom is -0.324 e. The molecule has 0 radical (unpaired) electrons. The molecule has 0 bridgehead atoms. The van der Waals surface area contributed by atoms with E-state index in [0.29, 0.717) is 11.4 Å². The molecular weight excluding hydrogens is 592 g/mol. The summed E-state index contributed by atoms with van der Waals surface area (Å²) < 4.78 is 0. The van der Waals surface area contributed by atoms with E-state index in [1.807, 2.05) is 88.4 Å². The minimum absolute atomic E-state index is 0. The van der Waals surface area contributed by atoms with Gasteiger partial charge in [-0.25, -0.2) is 0 Å². The van der Waals surface area contributed by atoms with Crippen LogP contribution in [-0.2, 0) is 26.7 Å². The number of rotatable bonds is 4. The summed E-state index contributed by atoms with van der Waals surface area (Å²) in [4.78, 5) is 41.6. The predicted molar refractivity (Wildman–Crippen MR) is 168 cm³/mol. The molecule has 2 amide bonds. The maximum absolute atomic E-state index is 11.6. The van der Waals surface area contributed by atoms with Crippen molar-refractivity contribution in [2.75, 3.05) is 23.7 Å². The first kappa shape index (κ1) is 31.4. The fourth-order valence-corrected chi connectivity index (χ4v) is 4.73. The third kappa shape index (κ3) is 6.76. The molecule has 10 nitrogen and oxygen atoms in total. The number of benzene rings is 2. The number of hydrogen-bond donors (Lipinski definition) is 4. The van der Waals surface area contributed by atoms with Gasteiger partial charge >= 0.3 is 17.1 Å². The van der Waals surface area contributed by atoms with Crippen LogP contribution < -0.4 is 22.1 Å². The Kier molecular flexibility index (Phi) is 9.63. The summed E-state index contributed by atoms with van der Waals surface area (Å²) >= 11 is 0. The molecule has 11 heteroatoms. The monoisotopic (exact) mass is 623 g/mol. The average molecular weight is 624 g/mol. The maximum atomic E-state index is 11.6. The summed E-state index contributed by atoms with van der Waals surface area (Å²) in [7, 11) is 0. The van der Waals surface area contributed by atoms with E-state index in [4.69, 9.17) is 11.5 Å².